The van der Waals surface area contributed by atoms with E-state index in [1.807, 2.05) is 31.2 Å². The molecule has 0 amide bonds. The van der Waals surface area contributed by atoms with Gasteiger partial charge in [0.1, 0.15) is 11.6 Å². The average molecular weight is 274 g/mol. The maximum absolute atomic E-state index is 14.1. The summed E-state index contributed by atoms with van der Waals surface area (Å²) in [6.07, 6.45) is 0.672. The highest BCUT2D eigenvalue weighted by atomic mass is 19.1. The summed E-state index contributed by atoms with van der Waals surface area (Å²) >= 11 is 0. The highest BCUT2D eigenvalue weighted by Crippen LogP contribution is 2.29. The lowest BCUT2D eigenvalue weighted by Crippen LogP contribution is -2.04. The van der Waals surface area contributed by atoms with Gasteiger partial charge in [0.2, 0.25) is 0 Å². The molecule has 0 aliphatic rings. The normalized spacial score (nSPS) is 10.4. The van der Waals surface area contributed by atoms with Crippen molar-refractivity contribution in [2.24, 2.45) is 5.73 Å². The zero-order valence-corrected chi connectivity index (χ0v) is 11.7. The lowest BCUT2D eigenvalue weighted by molar-refractivity contribution is 0.416. The molecule has 2 aromatic carbocycles. The highest BCUT2D eigenvalue weighted by molar-refractivity contribution is 5.67. The Balaban J connectivity index is 2.28. The van der Waals surface area contributed by atoms with Gasteiger partial charge in [-0.1, -0.05) is 12.1 Å². The zero-order valence-electron chi connectivity index (χ0n) is 11.7. The van der Waals surface area contributed by atoms with Crippen LogP contribution in [-0.2, 0) is 6.42 Å². The molecule has 3 nitrogen and oxygen atoms in total. The van der Waals surface area contributed by atoms with Crippen LogP contribution < -0.4 is 15.8 Å². The van der Waals surface area contributed by atoms with E-state index < -0.39 is 0 Å². The van der Waals surface area contributed by atoms with Crippen LogP contribution in [0.1, 0.15) is 11.1 Å². The van der Waals surface area contributed by atoms with Crippen LogP contribution in [0.5, 0.6) is 5.75 Å². The summed E-state index contributed by atoms with van der Waals surface area (Å²) < 4.78 is 19.3. The van der Waals surface area contributed by atoms with E-state index in [1.54, 1.807) is 13.2 Å². The van der Waals surface area contributed by atoms with E-state index in [0.717, 1.165) is 16.8 Å². The zero-order chi connectivity index (χ0) is 14.5. The number of rotatable bonds is 5. The number of benzene rings is 2. The summed E-state index contributed by atoms with van der Waals surface area (Å²) in [6, 6.07) is 10.8. The van der Waals surface area contributed by atoms with Gasteiger partial charge in [0.25, 0.3) is 0 Å². The van der Waals surface area contributed by atoms with Gasteiger partial charge >= 0.3 is 0 Å². The lowest BCUT2D eigenvalue weighted by Gasteiger charge is -2.13. The quantitative estimate of drug-likeness (QED) is 0.878. The molecule has 0 fully saturated rings. The first-order valence-electron chi connectivity index (χ1n) is 6.54. The van der Waals surface area contributed by atoms with E-state index in [0.29, 0.717) is 24.4 Å². The van der Waals surface area contributed by atoms with Gasteiger partial charge in [0, 0.05) is 0 Å². The molecule has 0 aliphatic heterocycles. The SMILES string of the molecule is COc1ccc(C)cc1Nc1ccc(CCN)cc1F. The van der Waals surface area contributed by atoms with E-state index in [-0.39, 0.29) is 5.82 Å². The lowest BCUT2D eigenvalue weighted by atomic mass is 10.1. The molecule has 3 N–H and O–H groups in total. The molecular weight excluding hydrogens is 255 g/mol. The van der Waals surface area contributed by atoms with Gasteiger partial charge in [0.05, 0.1) is 18.5 Å². The third-order valence-corrected chi connectivity index (χ3v) is 3.09. The summed E-state index contributed by atoms with van der Waals surface area (Å²) in [6.45, 7) is 2.49. The molecule has 0 saturated carbocycles. The fourth-order valence-electron chi connectivity index (χ4n) is 2.05. The monoisotopic (exact) mass is 274 g/mol. The van der Waals surface area contributed by atoms with Gasteiger partial charge in [-0.25, -0.2) is 4.39 Å². The summed E-state index contributed by atoms with van der Waals surface area (Å²) in [5.41, 5.74) is 8.62. The standard InChI is InChI=1S/C16H19FN2O/c1-11-3-6-16(20-2)15(9-11)19-14-5-4-12(7-8-18)10-13(14)17/h3-6,9-10,19H,7-8,18H2,1-2H3. The summed E-state index contributed by atoms with van der Waals surface area (Å²) in [5, 5.41) is 3.07. The molecule has 0 saturated heterocycles. The second-order valence-corrected chi connectivity index (χ2v) is 4.68. The number of anilines is 2. The van der Waals surface area contributed by atoms with Crippen LogP contribution in [-0.4, -0.2) is 13.7 Å². The van der Waals surface area contributed by atoms with Crippen LogP contribution >= 0.6 is 0 Å². The summed E-state index contributed by atoms with van der Waals surface area (Å²) in [4.78, 5) is 0. The van der Waals surface area contributed by atoms with Crippen molar-refractivity contribution in [1.82, 2.24) is 0 Å². The van der Waals surface area contributed by atoms with Crippen molar-refractivity contribution in [2.75, 3.05) is 19.0 Å². The van der Waals surface area contributed by atoms with E-state index in [9.17, 15) is 4.39 Å². The highest BCUT2D eigenvalue weighted by Gasteiger charge is 2.08. The third-order valence-electron chi connectivity index (χ3n) is 3.09. The minimum Gasteiger partial charge on any atom is -0.495 e. The van der Waals surface area contributed by atoms with Crippen LogP contribution in [0, 0.1) is 12.7 Å². The third kappa shape index (κ3) is 3.27. The molecular formula is C16H19FN2O. The Morgan fingerprint density at radius 2 is 1.95 bits per heavy atom. The second kappa shape index (κ2) is 6.39. The van der Waals surface area contributed by atoms with Crippen molar-refractivity contribution in [3.05, 3.63) is 53.3 Å². The van der Waals surface area contributed by atoms with Crippen LogP contribution in [0.3, 0.4) is 0 Å². The molecule has 106 valence electrons. The van der Waals surface area contributed by atoms with Gasteiger partial charge in [0.15, 0.2) is 0 Å². The minimum atomic E-state index is -0.292. The fraction of sp³-hybridized carbons (Fsp3) is 0.250. The first-order valence-corrected chi connectivity index (χ1v) is 6.54. The summed E-state index contributed by atoms with van der Waals surface area (Å²) in [5.74, 6) is 0.389. The Morgan fingerprint density at radius 1 is 1.15 bits per heavy atom. The van der Waals surface area contributed by atoms with Crippen molar-refractivity contribution in [3.63, 3.8) is 0 Å². The maximum atomic E-state index is 14.1. The number of hydrogen-bond acceptors (Lipinski definition) is 3. The van der Waals surface area contributed by atoms with Gasteiger partial charge in [-0.15, -0.1) is 0 Å². The van der Waals surface area contributed by atoms with Crippen molar-refractivity contribution in [2.45, 2.75) is 13.3 Å². The number of halogens is 1. The predicted molar refractivity (Wildman–Crippen MR) is 80.2 cm³/mol. The number of aryl methyl sites for hydroxylation is 1. The van der Waals surface area contributed by atoms with Gasteiger partial charge in [-0.05, 0) is 55.3 Å². The second-order valence-electron chi connectivity index (χ2n) is 4.68. The summed E-state index contributed by atoms with van der Waals surface area (Å²) in [7, 11) is 1.59. The number of nitrogens with one attached hydrogen (secondary N) is 1. The Kier molecular flexibility index (Phi) is 4.58. The van der Waals surface area contributed by atoms with Crippen LogP contribution in [0.2, 0.25) is 0 Å². The molecule has 0 atom stereocenters. The molecule has 0 spiro atoms. The minimum absolute atomic E-state index is 0.292. The van der Waals surface area contributed by atoms with Gasteiger partial charge in [-0.2, -0.15) is 0 Å². The molecule has 0 unspecified atom stereocenters. The van der Waals surface area contributed by atoms with Crippen LogP contribution in [0.25, 0.3) is 0 Å². The Hall–Kier alpha value is -2.07. The fourth-order valence-corrected chi connectivity index (χ4v) is 2.05. The van der Waals surface area contributed by atoms with E-state index in [4.69, 9.17) is 10.5 Å². The number of methoxy groups -OCH3 is 1. The average Bonchev–Trinajstić information content (AvgIpc) is 2.42. The molecule has 4 heteroatoms. The number of ether oxygens (including phenoxy) is 1. The molecule has 0 radical (unpaired) electrons. The largest absolute Gasteiger partial charge is 0.495 e. The van der Waals surface area contributed by atoms with Crippen LogP contribution in [0.4, 0.5) is 15.8 Å². The topological polar surface area (TPSA) is 47.3 Å². The number of hydrogen-bond donors (Lipinski definition) is 2. The molecule has 2 rings (SSSR count). The first kappa shape index (κ1) is 14.3. The van der Waals surface area contributed by atoms with Crippen molar-refractivity contribution in [1.29, 1.82) is 0 Å². The van der Waals surface area contributed by atoms with Crippen molar-refractivity contribution < 1.29 is 9.13 Å². The van der Waals surface area contributed by atoms with Crippen molar-refractivity contribution in [3.8, 4) is 5.75 Å². The first-order chi connectivity index (χ1) is 9.63. The number of nitrogens with two attached hydrogens (primary N) is 1. The van der Waals surface area contributed by atoms with Gasteiger partial charge in [-0.3, -0.25) is 0 Å². The molecule has 0 heterocycles. The van der Waals surface area contributed by atoms with Gasteiger partial charge < -0.3 is 15.8 Å². The molecule has 0 aliphatic carbocycles. The van der Waals surface area contributed by atoms with Crippen LogP contribution in [0.15, 0.2) is 36.4 Å². The molecule has 20 heavy (non-hydrogen) atoms. The Labute approximate surface area is 118 Å². The smallest absolute Gasteiger partial charge is 0.146 e. The Morgan fingerprint density at radius 3 is 2.60 bits per heavy atom. The van der Waals surface area contributed by atoms with E-state index >= 15 is 0 Å². The maximum Gasteiger partial charge on any atom is 0.146 e. The van der Waals surface area contributed by atoms with Crippen molar-refractivity contribution >= 4 is 11.4 Å². The predicted octanol–water partition coefficient (Wildman–Crippen LogP) is 3.39. The molecule has 0 aromatic heterocycles. The van der Waals surface area contributed by atoms with E-state index in [1.165, 1.54) is 6.07 Å². The Bertz CT molecular complexity index is 599. The van der Waals surface area contributed by atoms with E-state index in [2.05, 4.69) is 5.32 Å². The molecule has 2 aromatic rings. The molecule has 0 bridgehead atoms.